The summed E-state index contributed by atoms with van der Waals surface area (Å²) in [6.45, 7) is 1.54. The van der Waals surface area contributed by atoms with Crippen LogP contribution in [0.3, 0.4) is 0 Å². The van der Waals surface area contributed by atoms with Crippen LogP contribution in [0.25, 0.3) is 11.5 Å². The molecule has 1 fully saturated rings. The van der Waals surface area contributed by atoms with Gasteiger partial charge in [0, 0.05) is 36.8 Å². The van der Waals surface area contributed by atoms with Crippen LogP contribution in [-0.4, -0.2) is 32.9 Å². The lowest BCUT2D eigenvalue weighted by Gasteiger charge is -2.32. The van der Waals surface area contributed by atoms with E-state index in [1.807, 2.05) is 11.0 Å². The first-order valence-corrected chi connectivity index (χ1v) is 9.28. The first-order valence-electron chi connectivity index (χ1n) is 9.28. The highest BCUT2D eigenvalue weighted by molar-refractivity contribution is 5.48. The standard InChI is InChI=1S/C21H20F2N4O/c22-16-6-3-7-17(23)15(16)13-27-10-4-5-14(12-27)19-11-20(28)26-21(25-19)18-8-1-2-9-24-18/h1-3,6-9,11,14H,4-5,10,12-13H2,(H,25,26,28)/t14-/m0/s1. The highest BCUT2D eigenvalue weighted by Gasteiger charge is 2.25. The molecule has 28 heavy (non-hydrogen) atoms. The van der Waals surface area contributed by atoms with Gasteiger partial charge in [0.1, 0.15) is 17.3 Å². The largest absolute Gasteiger partial charge is 0.305 e. The molecule has 0 amide bonds. The predicted octanol–water partition coefficient (Wildman–Crippen LogP) is 3.49. The zero-order valence-corrected chi connectivity index (χ0v) is 15.2. The monoisotopic (exact) mass is 382 g/mol. The highest BCUT2D eigenvalue weighted by atomic mass is 19.1. The Labute approximate surface area is 161 Å². The van der Waals surface area contributed by atoms with Crippen molar-refractivity contribution >= 4 is 0 Å². The Kier molecular flexibility index (Phi) is 5.25. The number of piperidine rings is 1. The fourth-order valence-corrected chi connectivity index (χ4v) is 3.66. The van der Waals surface area contributed by atoms with Crippen LogP contribution in [0.15, 0.2) is 53.5 Å². The second kappa shape index (κ2) is 7.98. The van der Waals surface area contributed by atoms with E-state index in [-0.39, 0.29) is 23.6 Å². The van der Waals surface area contributed by atoms with Crippen LogP contribution in [0.5, 0.6) is 0 Å². The molecule has 144 valence electrons. The maximum Gasteiger partial charge on any atom is 0.251 e. The number of hydrogen-bond acceptors (Lipinski definition) is 4. The minimum Gasteiger partial charge on any atom is -0.305 e. The number of pyridine rings is 1. The molecule has 3 heterocycles. The topological polar surface area (TPSA) is 61.9 Å². The van der Waals surface area contributed by atoms with Crippen LogP contribution >= 0.6 is 0 Å². The molecule has 4 rings (SSSR count). The summed E-state index contributed by atoms with van der Waals surface area (Å²) in [6, 6.07) is 10.8. The smallest absolute Gasteiger partial charge is 0.251 e. The van der Waals surface area contributed by atoms with Crippen molar-refractivity contribution in [3.05, 3.63) is 81.9 Å². The first-order chi connectivity index (χ1) is 13.6. The highest BCUT2D eigenvalue weighted by Crippen LogP contribution is 2.27. The number of aromatic nitrogens is 3. The van der Waals surface area contributed by atoms with Gasteiger partial charge in [0.15, 0.2) is 5.82 Å². The van der Waals surface area contributed by atoms with E-state index in [4.69, 9.17) is 0 Å². The number of H-pyrrole nitrogens is 1. The lowest BCUT2D eigenvalue weighted by molar-refractivity contribution is 0.194. The van der Waals surface area contributed by atoms with Crippen molar-refractivity contribution in [2.45, 2.75) is 25.3 Å². The zero-order chi connectivity index (χ0) is 19.5. The molecular weight excluding hydrogens is 362 g/mol. The number of hydrogen-bond donors (Lipinski definition) is 1. The average Bonchev–Trinajstić information content (AvgIpc) is 2.71. The number of rotatable bonds is 4. The Morgan fingerprint density at radius 3 is 2.71 bits per heavy atom. The number of likely N-dealkylation sites (tertiary alicyclic amines) is 1. The molecule has 0 bridgehead atoms. The van der Waals surface area contributed by atoms with Gasteiger partial charge in [0.05, 0.1) is 5.69 Å². The minimum absolute atomic E-state index is 0.0216. The van der Waals surface area contributed by atoms with Crippen molar-refractivity contribution in [3.8, 4) is 11.5 Å². The van der Waals surface area contributed by atoms with E-state index in [2.05, 4.69) is 15.0 Å². The number of aromatic amines is 1. The molecule has 1 saturated heterocycles. The first kappa shape index (κ1) is 18.4. The third-order valence-corrected chi connectivity index (χ3v) is 5.04. The molecule has 0 spiro atoms. The van der Waals surface area contributed by atoms with Crippen molar-refractivity contribution in [2.75, 3.05) is 13.1 Å². The summed E-state index contributed by atoms with van der Waals surface area (Å²) in [7, 11) is 0. The molecule has 1 aliphatic heterocycles. The number of nitrogens with one attached hydrogen (secondary N) is 1. The van der Waals surface area contributed by atoms with E-state index < -0.39 is 11.6 Å². The Hall–Kier alpha value is -2.93. The Balaban J connectivity index is 1.57. The lowest BCUT2D eigenvalue weighted by Crippen LogP contribution is -2.35. The van der Waals surface area contributed by atoms with Crippen molar-refractivity contribution in [3.63, 3.8) is 0 Å². The average molecular weight is 382 g/mol. The third kappa shape index (κ3) is 3.99. The summed E-state index contributed by atoms with van der Waals surface area (Å²) in [6.07, 6.45) is 3.38. The van der Waals surface area contributed by atoms with Crippen molar-refractivity contribution in [2.24, 2.45) is 0 Å². The Morgan fingerprint density at radius 2 is 1.96 bits per heavy atom. The van der Waals surface area contributed by atoms with Gasteiger partial charge in [-0.15, -0.1) is 0 Å². The van der Waals surface area contributed by atoms with Gasteiger partial charge in [-0.3, -0.25) is 14.7 Å². The molecule has 1 N–H and O–H groups in total. The maximum absolute atomic E-state index is 14.0. The van der Waals surface area contributed by atoms with E-state index in [0.29, 0.717) is 23.8 Å². The second-order valence-electron chi connectivity index (χ2n) is 7.01. The van der Waals surface area contributed by atoms with E-state index in [0.717, 1.165) is 19.4 Å². The molecule has 0 radical (unpaired) electrons. The molecule has 5 nitrogen and oxygen atoms in total. The van der Waals surface area contributed by atoms with Crippen molar-refractivity contribution in [1.29, 1.82) is 0 Å². The number of nitrogens with zero attached hydrogens (tertiary/aromatic N) is 3. The summed E-state index contributed by atoms with van der Waals surface area (Å²) in [5, 5.41) is 0. The molecule has 2 aromatic heterocycles. The van der Waals surface area contributed by atoms with Gasteiger partial charge in [-0.25, -0.2) is 13.8 Å². The Morgan fingerprint density at radius 1 is 1.14 bits per heavy atom. The van der Waals surface area contributed by atoms with E-state index in [1.165, 1.54) is 24.3 Å². The molecular formula is C21H20F2N4O. The molecule has 1 aliphatic rings. The van der Waals surface area contributed by atoms with Crippen LogP contribution in [0, 0.1) is 11.6 Å². The van der Waals surface area contributed by atoms with E-state index in [9.17, 15) is 13.6 Å². The van der Waals surface area contributed by atoms with Gasteiger partial charge >= 0.3 is 0 Å². The van der Waals surface area contributed by atoms with Crippen LogP contribution in [0.4, 0.5) is 8.78 Å². The van der Waals surface area contributed by atoms with Gasteiger partial charge in [-0.2, -0.15) is 0 Å². The van der Waals surface area contributed by atoms with Gasteiger partial charge in [-0.1, -0.05) is 12.1 Å². The van der Waals surface area contributed by atoms with Crippen LogP contribution in [0.1, 0.15) is 30.0 Å². The summed E-state index contributed by atoms with van der Waals surface area (Å²) >= 11 is 0. The number of benzene rings is 1. The second-order valence-corrected chi connectivity index (χ2v) is 7.01. The summed E-state index contributed by atoms with van der Waals surface area (Å²) in [5.74, 6) is -0.614. The lowest BCUT2D eigenvalue weighted by atomic mass is 9.94. The van der Waals surface area contributed by atoms with Crippen molar-refractivity contribution < 1.29 is 8.78 Å². The predicted molar refractivity (Wildman–Crippen MR) is 102 cm³/mol. The summed E-state index contributed by atoms with van der Waals surface area (Å²) in [5.41, 5.74) is 1.13. The molecule has 1 aromatic carbocycles. The third-order valence-electron chi connectivity index (χ3n) is 5.04. The fraction of sp³-hybridized carbons (Fsp3) is 0.286. The fourth-order valence-electron chi connectivity index (χ4n) is 3.66. The minimum atomic E-state index is -0.533. The molecule has 0 unspecified atom stereocenters. The normalized spacial score (nSPS) is 17.6. The molecule has 3 aromatic rings. The van der Waals surface area contributed by atoms with E-state index >= 15 is 0 Å². The van der Waals surface area contributed by atoms with Gasteiger partial charge < -0.3 is 4.98 Å². The van der Waals surface area contributed by atoms with Gasteiger partial charge in [0.25, 0.3) is 5.56 Å². The van der Waals surface area contributed by atoms with E-state index in [1.54, 1.807) is 18.3 Å². The number of halogens is 2. The quantitative estimate of drug-likeness (QED) is 0.750. The maximum atomic E-state index is 14.0. The van der Waals surface area contributed by atoms with Crippen molar-refractivity contribution in [1.82, 2.24) is 19.9 Å². The summed E-state index contributed by atoms with van der Waals surface area (Å²) in [4.78, 5) is 25.7. The molecule has 7 heteroatoms. The summed E-state index contributed by atoms with van der Waals surface area (Å²) < 4.78 is 28.0. The zero-order valence-electron chi connectivity index (χ0n) is 15.2. The van der Waals surface area contributed by atoms with Crippen LogP contribution in [0.2, 0.25) is 0 Å². The molecule has 0 aliphatic carbocycles. The van der Waals surface area contributed by atoms with Gasteiger partial charge in [0.2, 0.25) is 0 Å². The van der Waals surface area contributed by atoms with Gasteiger partial charge in [-0.05, 0) is 43.7 Å². The SMILES string of the molecule is O=c1cc([C@H]2CCCN(Cc3c(F)cccc3F)C2)nc(-c2ccccn2)[nH]1. The molecule has 0 saturated carbocycles. The van der Waals surface area contributed by atoms with Crippen LogP contribution < -0.4 is 5.56 Å². The molecule has 1 atom stereocenters. The Bertz CT molecular complexity index is 1000. The van der Waals surface area contributed by atoms with Crippen LogP contribution in [-0.2, 0) is 6.54 Å².